The Balaban J connectivity index is 3.74. The Morgan fingerprint density at radius 1 is 1.31 bits per heavy atom. The zero-order valence-electron chi connectivity index (χ0n) is 7.86. The van der Waals surface area contributed by atoms with E-state index < -0.39 is 33.1 Å². The molecule has 0 aromatic heterocycles. The fourth-order valence-electron chi connectivity index (χ4n) is 0.476. The Hall–Kier alpha value is -0.523. The van der Waals surface area contributed by atoms with Gasteiger partial charge in [-0.3, -0.25) is 4.79 Å². The van der Waals surface area contributed by atoms with Gasteiger partial charge in [0.1, 0.15) is 0 Å². The van der Waals surface area contributed by atoms with E-state index in [0.29, 0.717) is 0 Å². The van der Waals surface area contributed by atoms with Crippen molar-refractivity contribution < 1.29 is 21.9 Å². The summed E-state index contributed by atoms with van der Waals surface area (Å²) < 4.78 is 39.7. The maximum Gasteiger partial charge on any atom is 0.619 e. The van der Waals surface area contributed by atoms with E-state index in [2.05, 4.69) is 4.74 Å². The van der Waals surface area contributed by atoms with E-state index >= 15 is 0 Å². The molecule has 6 heteroatoms. The van der Waals surface area contributed by atoms with Crippen LogP contribution in [0.4, 0.5) is 12.3 Å². The van der Waals surface area contributed by atoms with Crippen molar-refractivity contribution in [2.75, 3.05) is 6.61 Å². The molecule has 0 unspecified atom stereocenters. The molecule has 0 amide bonds. The summed E-state index contributed by atoms with van der Waals surface area (Å²) in [5.74, 6) is -0.592. The minimum absolute atomic E-state index is 0.536. The number of hydrogen-bond acceptors (Lipinski definition) is 2. The molecule has 0 saturated heterocycles. The van der Waals surface area contributed by atoms with E-state index in [9.17, 15) is 17.1 Å². The first-order valence-electron chi connectivity index (χ1n) is 3.87. The molecule has 0 aliphatic rings. The quantitative estimate of drug-likeness (QED) is 0.409. The van der Waals surface area contributed by atoms with Gasteiger partial charge >= 0.3 is 15.0 Å². The summed E-state index contributed by atoms with van der Waals surface area (Å²) in [7, 11) is -5.56. The third kappa shape index (κ3) is 6.62. The van der Waals surface area contributed by atoms with Crippen molar-refractivity contribution in [2.45, 2.75) is 26.8 Å². The second-order valence-corrected chi connectivity index (χ2v) is 5.48. The summed E-state index contributed by atoms with van der Waals surface area (Å²) in [6.45, 7) is 4.26. The summed E-state index contributed by atoms with van der Waals surface area (Å²) in [6.07, 6.45) is 0. The molecule has 78 valence electrons. The Bertz CT molecular complexity index is 183. The molecule has 0 heterocycles. The molecule has 0 rings (SSSR count). The van der Waals surface area contributed by atoms with E-state index in [-0.39, 0.29) is 0 Å². The molecule has 0 aromatic rings. The number of ether oxygens (including phenoxy) is 1. The van der Waals surface area contributed by atoms with E-state index in [4.69, 9.17) is 0 Å². The van der Waals surface area contributed by atoms with Crippen LogP contribution in [-0.2, 0) is 9.53 Å². The van der Waals surface area contributed by atoms with Crippen LogP contribution in [0.15, 0.2) is 0 Å². The monoisotopic (exact) mass is 214 g/mol. The number of carbonyl (C=O) groups is 1. The van der Waals surface area contributed by atoms with Crippen LogP contribution in [0.3, 0.4) is 0 Å². The lowest BCUT2D eigenvalue weighted by Crippen LogP contribution is -2.25. The number of carbonyl (C=O) groups excluding carboxylic acids is 1. The van der Waals surface area contributed by atoms with Crippen molar-refractivity contribution in [2.24, 2.45) is 5.41 Å². The number of esters is 1. The fraction of sp³-hybridized carbons (Fsp3) is 0.857. The van der Waals surface area contributed by atoms with Crippen LogP contribution < -0.4 is 0 Å². The van der Waals surface area contributed by atoms with Gasteiger partial charge in [0.2, 0.25) is 0 Å². The third-order valence-electron chi connectivity index (χ3n) is 1.23. The minimum atomic E-state index is -5.56. The van der Waals surface area contributed by atoms with E-state index in [1.807, 2.05) is 0 Å². The topological polar surface area (TPSA) is 26.3 Å². The van der Waals surface area contributed by atoms with Gasteiger partial charge in [0.05, 0.1) is 18.1 Å². The summed E-state index contributed by atoms with van der Waals surface area (Å²) in [4.78, 5) is 11.0. The Morgan fingerprint density at radius 3 is 2.08 bits per heavy atom. The fourth-order valence-corrected chi connectivity index (χ4v) is 0.809. The van der Waals surface area contributed by atoms with Crippen LogP contribution in [0.2, 0.25) is 6.04 Å². The molecule has 0 saturated carbocycles. The van der Waals surface area contributed by atoms with Gasteiger partial charge in [0.15, 0.2) is 0 Å². The van der Waals surface area contributed by atoms with Crippen LogP contribution >= 0.6 is 0 Å². The number of halogens is 3. The Kier molecular flexibility index (Phi) is 3.96. The van der Waals surface area contributed by atoms with Gasteiger partial charge in [0, 0.05) is 0 Å². The van der Waals surface area contributed by atoms with Crippen molar-refractivity contribution in [3.05, 3.63) is 0 Å². The van der Waals surface area contributed by atoms with Gasteiger partial charge in [-0.1, -0.05) is 0 Å². The molecule has 2 nitrogen and oxygen atoms in total. The molecule has 13 heavy (non-hydrogen) atoms. The normalized spacial score (nSPS) is 12.8. The molecule has 0 aromatic carbocycles. The highest BCUT2D eigenvalue weighted by Gasteiger charge is 2.37. The van der Waals surface area contributed by atoms with Crippen molar-refractivity contribution >= 4 is 15.0 Å². The summed E-state index contributed by atoms with van der Waals surface area (Å²) in [6, 6.07) is -0.950. The smallest absolute Gasteiger partial charge is 0.465 e. The molecule has 0 aliphatic heterocycles. The summed E-state index contributed by atoms with van der Waals surface area (Å²) >= 11 is 0. The maximum absolute atomic E-state index is 11.8. The highest BCUT2D eigenvalue weighted by atomic mass is 28.5. The molecular formula is C7H13F3O2Si. The van der Waals surface area contributed by atoms with Crippen LogP contribution in [0, 0.1) is 5.41 Å². The van der Waals surface area contributed by atoms with Gasteiger partial charge in [0.25, 0.3) is 0 Å². The number of rotatable bonds is 3. The molecule has 0 spiro atoms. The van der Waals surface area contributed by atoms with Crippen molar-refractivity contribution in [1.29, 1.82) is 0 Å². The summed E-state index contributed by atoms with van der Waals surface area (Å²) in [5, 5.41) is 0. The van der Waals surface area contributed by atoms with Crippen molar-refractivity contribution in [1.82, 2.24) is 0 Å². The molecule has 0 bridgehead atoms. The van der Waals surface area contributed by atoms with E-state index in [1.165, 1.54) is 0 Å². The lowest BCUT2D eigenvalue weighted by molar-refractivity contribution is -0.152. The standard InChI is InChI=1S/C7H13F3O2Si/c1-7(2,3)6(11)12-4-5-13(8,9)10/h4-5H2,1-3H3. The zero-order valence-corrected chi connectivity index (χ0v) is 8.86. The molecule has 0 fully saturated rings. The predicted octanol–water partition coefficient (Wildman–Crippen LogP) is 2.42. The first-order valence-corrected chi connectivity index (χ1v) is 5.71. The van der Waals surface area contributed by atoms with Crippen LogP contribution in [-0.4, -0.2) is 21.7 Å². The Labute approximate surface area is 76.6 Å². The molecular weight excluding hydrogens is 201 g/mol. The van der Waals surface area contributed by atoms with Gasteiger partial charge in [-0.15, -0.1) is 0 Å². The van der Waals surface area contributed by atoms with Crippen LogP contribution in [0.25, 0.3) is 0 Å². The zero-order chi connectivity index (χ0) is 10.7. The summed E-state index contributed by atoms with van der Waals surface area (Å²) in [5.41, 5.74) is -0.729. The second-order valence-electron chi connectivity index (χ2n) is 3.75. The largest absolute Gasteiger partial charge is 0.619 e. The van der Waals surface area contributed by atoms with Crippen LogP contribution in [0.1, 0.15) is 20.8 Å². The average molecular weight is 214 g/mol. The number of hydrogen-bond donors (Lipinski definition) is 0. The van der Waals surface area contributed by atoms with Gasteiger partial charge in [-0.2, -0.15) is 0 Å². The first-order chi connectivity index (χ1) is 5.63. The predicted molar refractivity (Wildman–Crippen MR) is 44.3 cm³/mol. The average Bonchev–Trinajstić information content (AvgIpc) is 1.82. The van der Waals surface area contributed by atoms with Gasteiger partial charge in [-0.25, -0.2) is 12.3 Å². The third-order valence-corrected chi connectivity index (χ3v) is 2.00. The highest BCUT2D eigenvalue weighted by molar-refractivity contribution is 6.58. The molecule has 0 aliphatic carbocycles. The lowest BCUT2D eigenvalue weighted by Gasteiger charge is -2.16. The first kappa shape index (κ1) is 12.5. The van der Waals surface area contributed by atoms with Gasteiger partial charge < -0.3 is 4.74 Å². The SMILES string of the molecule is CC(C)(C)C(=O)OCC[Si](F)(F)F. The molecule has 0 radical (unpaired) electrons. The van der Waals surface area contributed by atoms with E-state index in [1.54, 1.807) is 20.8 Å². The molecule has 0 N–H and O–H groups in total. The second kappa shape index (κ2) is 4.12. The van der Waals surface area contributed by atoms with Gasteiger partial charge in [-0.05, 0) is 20.8 Å². The van der Waals surface area contributed by atoms with Crippen LogP contribution in [0.5, 0.6) is 0 Å². The Morgan fingerprint density at radius 2 is 1.77 bits per heavy atom. The van der Waals surface area contributed by atoms with Crippen molar-refractivity contribution in [3.8, 4) is 0 Å². The maximum atomic E-state index is 11.8. The van der Waals surface area contributed by atoms with E-state index in [0.717, 1.165) is 0 Å². The minimum Gasteiger partial charge on any atom is -0.465 e. The highest BCUT2D eigenvalue weighted by Crippen LogP contribution is 2.18. The van der Waals surface area contributed by atoms with Crippen molar-refractivity contribution in [3.63, 3.8) is 0 Å². The lowest BCUT2D eigenvalue weighted by atomic mass is 9.97. The molecule has 0 atom stereocenters.